The Hall–Kier alpha value is -5.05. The number of allylic oxidation sites excluding steroid dienone is 4. The third-order valence-electron chi connectivity index (χ3n) is 7.55. The summed E-state index contributed by atoms with van der Waals surface area (Å²) in [6.45, 7) is 0. The number of hydrogen-bond donors (Lipinski definition) is 3. The maximum absolute atomic E-state index is 14.1. The number of carbonyl (C=O) groups excluding carboxylic acids is 1. The van der Waals surface area contributed by atoms with Crippen molar-refractivity contribution in [3.05, 3.63) is 95.3 Å². The van der Waals surface area contributed by atoms with Gasteiger partial charge in [-0.3, -0.25) is 4.79 Å². The molecule has 3 aromatic carbocycles. The predicted octanol–water partition coefficient (Wildman–Crippen LogP) is 6.31. The first-order valence-corrected chi connectivity index (χ1v) is 13.6. The standard InChI is InChI=1S/C34H36O9/c1-39-29-19-33(43-5)32(42-4)18-25(29)24-8-6-7-23(21-11-14-27(37)31(16-21)41-3)34(24)28(38)17-22(35)12-9-20-10-13-26(36)30(15-20)40-2/h6,8-19,23-24,34-37H,7H2,1-5H3/t23-,24-,34-/m1/s1. The smallest absolute Gasteiger partial charge is 0.164 e. The highest BCUT2D eigenvalue weighted by molar-refractivity contribution is 5.94. The number of phenols is 2. The molecule has 0 amide bonds. The number of carbonyl (C=O) groups is 1. The molecule has 0 aromatic heterocycles. The topological polar surface area (TPSA) is 124 Å². The van der Waals surface area contributed by atoms with E-state index in [0.717, 1.165) is 5.56 Å². The average molecular weight is 589 g/mol. The van der Waals surface area contributed by atoms with Crippen LogP contribution in [0.1, 0.15) is 34.9 Å². The quantitative estimate of drug-likeness (QED) is 0.102. The zero-order valence-corrected chi connectivity index (χ0v) is 24.7. The Morgan fingerprint density at radius 2 is 1.37 bits per heavy atom. The lowest BCUT2D eigenvalue weighted by atomic mass is 9.68. The van der Waals surface area contributed by atoms with Crippen LogP contribution in [-0.4, -0.2) is 56.7 Å². The summed E-state index contributed by atoms with van der Waals surface area (Å²) >= 11 is 0. The third-order valence-corrected chi connectivity index (χ3v) is 7.55. The molecule has 9 nitrogen and oxygen atoms in total. The number of aromatic hydroxyl groups is 2. The highest BCUT2D eigenvalue weighted by Crippen LogP contribution is 2.49. The Labute approximate surface area is 250 Å². The van der Waals surface area contributed by atoms with Crippen molar-refractivity contribution in [2.45, 2.75) is 18.3 Å². The largest absolute Gasteiger partial charge is 0.508 e. The van der Waals surface area contributed by atoms with Crippen molar-refractivity contribution in [3.63, 3.8) is 0 Å². The van der Waals surface area contributed by atoms with Crippen molar-refractivity contribution < 1.29 is 43.8 Å². The number of aliphatic hydroxyl groups excluding tert-OH is 1. The summed E-state index contributed by atoms with van der Waals surface area (Å²) in [6, 6.07) is 13.3. The Balaban J connectivity index is 1.79. The molecular formula is C34H36O9. The van der Waals surface area contributed by atoms with E-state index < -0.39 is 11.8 Å². The molecular weight excluding hydrogens is 552 g/mol. The molecule has 0 spiro atoms. The number of phenolic OH excluding ortho intramolecular Hbond substituents is 2. The Morgan fingerprint density at radius 3 is 2.02 bits per heavy atom. The fraction of sp³-hybridized carbons (Fsp3) is 0.265. The van der Waals surface area contributed by atoms with Gasteiger partial charge in [0, 0.05) is 29.5 Å². The second kappa shape index (κ2) is 13.7. The van der Waals surface area contributed by atoms with Crippen LogP contribution in [-0.2, 0) is 4.79 Å². The van der Waals surface area contributed by atoms with Gasteiger partial charge in [-0.05, 0) is 59.9 Å². The molecule has 0 aliphatic heterocycles. The average Bonchev–Trinajstić information content (AvgIpc) is 3.03. The van der Waals surface area contributed by atoms with Crippen LogP contribution >= 0.6 is 0 Å². The van der Waals surface area contributed by atoms with Crippen LogP contribution in [0.5, 0.6) is 40.2 Å². The minimum Gasteiger partial charge on any atom is -0.508 e. The summed E-state index contributed by atoms with van der Waals surface area (Å²) in [5.74, 6) is 0.0362. The van der Waals surface area contributed by atoms with Gasteiger partial charge in [0.1, 0.15) is 11.5 Å². The Kier molecular flexibility index (Phi) is 9.87. The van der Waals surface area contributed by atoms with E-state index in [1.807, 2.05) is 12.2 Å². The first-order chi connectivity index (χ1) is 20.7. The van der Waals surface area contributed by atoms with Gasteiger partial charge in [0.25, 0.3) is 0 Å². The molecule has 0 bridgehead atoms. The van der Waals surface area contributed by atoms with Crippen LogP contribution in [0.4, 0.5) is 0 Å². The fourth-order valence-electron chi connectivity index (χ4n) is 5.41. The summed E-state index contributed by atoms with van der Waals surface area (Å²) in [7, 11) is 7.53. The van der Waals surface area contributed by atoms with Crippen molar-refractivity contribution in [2.24, 2.45) is 5.92 Å². The number of aliphatic hydroxyl groups is 1. The van der Waals surface area contributed by atoms with E-state index in [-0.39, 0.29) is 34.7 Å². The van der Waals surface area contributed by atoms with E-state index >= 15 is 0 Å². The van der Waals surface area contributed by atoms with Crippen LogP contribution in [0, 0.1) is 5.92 Å². The molecule has 3 aromatic rings. The number of ether oxygens (including phenoxy) is 5. The minimum absolute atomic E-state index is 0.00604. The highest BCUT2D eigenvalue weighted by Gasteiger charge is 2.39. The lowest BCUT2D eigenvalue weighted by molar-refractivity contribution is -0.119. The maximum Gasteiger partial charge on any atom is 0.164 e. The van der Waals surface area contributed by atoms with E-state index in [9.17, 15) is 20.1 Å². The van der Waals surface area contributed by atoms with Crippen molar-refractivity contribution in [3.8, 4) is 40.2 Å². The van der Waals surface area contributed by atoms with E-state index in [0.29, 0.717) is 40.5 Å². The predicted molar refractivity (Wildman–Crippen MR) is 163 cm³/mol. The molecule has 0 unspecified atom stereocenters. The van der Waals surface area contributed by atoms with Crippen molar-refractivity contribution in [1.29, 1.82) is 0 Å². The summed E-state index contributed by atoms with van der Waals surface area (Å²) < 4.78 is 27.2. The van der Waals surface area contributed by atoms with Crippen molar-refractivity contribution >= 4 is 11.9 Å². The molecule has 0 saturated heterocycles. The van der Waals surface area contributed by atoms with Gasteiger partial charge in [-0.25, -0.2) is 0 Å². The second-order valence-corrected chi connectivity index (χ2v) is 9.94. The number of benzene rings is 3. The molecule has 0 saturated carbocycles. The molecule has 0 radical (unpaired) electrons. The molecule has 3 atom stereocenters. The lowest BCUT2D eigenvalue weighted by Gasteiger charge is -2.35. The zero-order valence-electron chi connectivity index (χ0n) is 24.7. The fourth-order valence-corrected chi connectivity index (χ4v) is 5.41. The summed E-state index contributed by atoms with van der Waals surface area (Å²) in [6.07, 6.45) is 8.74. The van der Waals surface area contributed by atoms with E-state index in [1.54, 1.807) is 55.7 Å². The third kappa shape index (κ3) is 6.72. The van der Waals surface area contributed by atoms with Gasteiger partial charge in [-0.15, -0.1) is 0 Å². The summed E-state index contributed by atoms with van der Waals surface area (Å²) in [5.41, 5.74) is 2.16. The van der Waals surface area contributed by atoms with Crippen LogP contribution < -0.4 is 23.7 Å². The molecule has 3 N–H and O–H groups in total. The van der Waals surface area contributed by atoms with Crippen LogP contribution in [0.15, 0.2) is 78.6 Å². The van der Waals surface area contributed by atoms with Crippen LogP contribution in [0.25, 0.3) is 6.08 Å². The number of methoxy groups -OCH3 is 5. The Bertz CT molecular complexity index is 1550. The molecule has 226 valence electrons. The van der Waals surface area contributed by atoms with Gasteiger partial charge in [-0.1, -0.05) is 30.4 Å². The minimum atomic E-state index is -0.671. The van der Waals surface area contributed by atoms with Crippen molar-refractivity contribution in [2.75, 3.05) is 35.5 Å². The van der Waals surface area contributed by atoms with Gasteiger partial charge in [-0.2, -0.15) is 0 Å². The number of hydrogen-bond acceptors (Lipinski definition) is 9. The first-order valence-electron chi connectivity index (χ1n) is 13.6. The second-order valence-electron chi connectivity index (χ2n) is 9.94. The van der Waals surface area contributed by atoms with Gasteiger partial charge in [0.15, 0.2) is 40.3 Å². The van der Waals surface area contributed by atoms with Crippen LogP contribution in [0.2, 0.25) is 0 Å². The number of rotatable bonds is 11. The molecule has 4 rings (SSSR count). The van der Waals surface area contributed by atoms with E-state index in [2.05, 4.69) is 0 Å². The maximum atomic E-state index is 14.1. The SMILES string of the molecule is COc1cc(C=CC(O)=CC(=O)[C@H]2[C@@H](c3cc(OC)c(OC)cc3OC)C=CC[C@@H]2c2ccc(O)c(OC)c2)ccc1O. The monoisotopic (exact) mass is 588 g/mol. The van der Waals surface area contributed by atoms with Gasteiger partial charge in [0.2, 0.25) is 0 Å². The van der Waals surface area contributed by atoms with E-state index in [4.69, 9.17) is 23.7 Å². The highest BCUT2D eigenvalue weighted by atomic mass is 16.5. The van der Waals surface area contributed by atoms with E-state index in [1.165, 1.54) is 46.7 Å². The molecule has 1 aliphatic carbocycles. The molecule has 43 heavy (non-hydrogen) atoms. The molecule has 1 aliphatic rings. The normalized spacial score (nSPS) is 18.3. The van der Waals surface area contributed by atoms with Crippen LogP contribution in [0.3, 0.4) is 0 Å². The summed E-state index contributed by atoms with van der Waals surface area (Å²) in [5, 5.41) is 30.9. The number of ketones is 1. The Morgan fingerprint density at radius 1 is 0.767 bits per heavy atom. The summed E-state index contributed by atoms with van der Waals surface area (Å²) in [4.78, 5) is 14.1. The molecule has 9 heteroatoms. The van der Waals surface area contributed by atoms with Gasteiger partial charge in [0.05, 0.1) is 35.5 Å². The van der Waals surface area contributed by atoms with Crippen molar-refractivity contribution in [1.82, 2.24) is 0 Å². The zero-order chi connectivity index (χ0) is 31.1. The molecule has 0 fully saturated rings. The van der Waals surface area contributed by atoms with Gasteiger partial charge >= 0.3 is 0 Å². The molecule has 0 heterocycles. The van der Waals surface area contributed by atoms with Gasteiger partial charge < -0.3 is 39.0 Å². The first kappa shape index (κ1) is 30.9. The lowest BCUT2D eigenvalue weighted by Crippen LogP contribution is -2.29.